The fraction of sp³-hybridized carbons (Fsp3) is 0.125. The van der Waals surface area contributed by atoms with Crippen LogP contribution in [0.3, 0.4) is 0 Å². The predicted octanol–water partition coefficient (Wildman–Crippen LogP) is 7.02. The number of benzene rings is 2. The van der Waals surface area contributed by atoms with Gasteiger partial charge >= 0.3 is 0 Å². The lowest BCUT2D eigenvalue weighted by Crippen LogP contribution is -2.16. The molecule has 30 heavy (non-hydrogen) atoms. The van der Waals surface area contributed by atoms with E-state index in [4.69, 9.17) is 0 Å². The molecule has 2 N–H and O–H groups in total. The second-order valence-corrected chi connectivity index (χ2v) is 9.15. The molecule has 6 heteroatoms. The zero-order valence-corrected chi connectivity index (χ0v) is 18.2. The third kappa shape index (κ3) is 4.30. The van der Waals surface area contributed by atoms with Crippen molar-refractivity contribution < 1.29 is 9.18 Å². The molecule has 3 nitrogen and oxygen atoms in total. The van der Waals surface area contributed by atoms with Crippen LogP contribution in [0.4, 0.5) is 15.1 Å². The molecule has 4 aromatic rings. The Hall–Kier alpha value is -2.96. The van der Waals surface area contributed by atoms with Crippen LogP contribution in [-0.2, 0) is 0 Å². The molecule has 0 unspecified atom stereocenters. The van der Waals surface area contributed by atoms with Crippen LogP contribution in [-0.4, -0.2) is 5.91 Å². The molecule has 1 amide bonds. The Morgan fingerprint density at radius 1 is 0.967 bits per heavy atom. The molecule has 4 rings (SSSR count). The minimum absolute atomic E-state index is 0.134. The number of aryl methyl sites for hydroxylation is 1. The Kier molecular flexibility index (Phi) is 5.97. The van der Waals surface area contributed by atoms with Crippen molar-refractivity contribution in [3.63, 3.8) is 0 Å². The summed E-state index contributed by atoms with van der Waals surface area (Å²) in [7, 11) is 0. The molecule has 152 valence electrons. The summed E-state index contributed by atoms with van der Waals surface area (Å²) >= 11 is 3.22. The van der Waals surface area contributed by atoms with Crippen molar-refractivity contribution in [3.05, 3.63) is 104 Å². The number of hydrogen-bond acceptors (Lipinski definition) is 4. The summed E-state index contributed by atoms with van der Waals surface area (Å²) in [5.41, 5.74) is 3.61. The molecule has 0 fully saturated rings. The van der Waals surface area contributed by atoms with Gasteiger partial charge in [-0.3, -0.25) is 4.79 Å². The van der Waals surface area contributed by atoms with Crippen LogP contribution in [0.1, 0.15) is 37.3 Å². The van der Waals surface area contributed by atoms with Gasteiger partial charge in [-0.25, -0.2) is 4.39 Å². The zero-order valence-electron chi connectivity index (χ0n) is 16.6. The second-order valence-electron chi connectivity index (χ2n) is 6.95. The lowest BCUT2D eigenvalue weighted by Gasteiger charge is -2.21. The molecule has 0 aliphatic rings. The first-order valence-electron chi connectivity index (χ1n) is 9.54. The van der Waals surface area contributed by atoms with Crippen LogP contribution in [0.25, 0.3) is 0 Å². The minimum Gasteiger partial charge on any atom is -0.373 e. The molecule has 0 saturated heterocycles. The SMILES string of the molecule is Cc1sc(NC(=O)c2ccccc2)c([C@@H](Nc2ccc(F)cc2)c2cccs2)c1C. The van der Waals surface area contributed by atoms with Crippen molar-refractivity contribution in [3.8, 4) is 0 Å². The Labute approximate surface area is 183 Å². The largest absolute Gasteiger partial charge is 0.373 e. The fourth-order valence-corrected chi connectivity index (χ4v) is 5.18. The highest BCUT2D eigenvalue weighted by Crippen LogP contribution is 2.42. The normalized spacial score (nSPS) is 11.8. The first-order chi connectivity index (χ1) is 14.5. The molecule has 2 heterocycles. The van der Waals surface area contributed by atoms with Crippen molar-refractivity contribution in [1.82, 2.24) is 0 Å². The average molecular weight is 437 g/mol. The maximum atomic E-state index is 13.4. The van der Waals surface area contributed by atoms with E-state index in [-0.39, 0.29) is 17.8 Å². The first-order valence-corrected chi connectivity index (χ1v) is 11.2. The van der Waals surface area contributed by atoms with Crippen molar-refractivity contribution in [2.45, 2.75) is 19.9 Å². The van der Waals surface area contributed by atoms with E-state index in [9.17, 15) is 9.18 Å². The van der Waals surface area contributed by atoms with Crippen LogP contribution < -0.4 is 10.6 Å². The summed E-state index contributed by atoms with van der Waals surface area (Å²) in [6.45, 7) is 4.14. The van der Waals surface area contributed by atoms with Gasteiger partial charge in [-0.05, 0) is 67.3 Å². The molecular weight excluding hydrogens is 415 g/mol. The first kappa shape index (κ1) is 20.3. The Morgan fingerprint density at radius 3 is 2.37 bits per heavy atom. The van der Waals surface area contributed by atoms with Gasteiger partial charge < -0.3 is 10.6 Å². The Morgan fingerprint density at radius 2 is 1.70 bits per heavy atom. The molecule has 0 saturated carbocycles. The number of halogens is 1. The van der Waals surface area contributed by atoms with Crippen molar-refractivity contribution in [1.29, 1.82) is 0 Å². The number of anilines is 2. The Bertz CT molecular complexity index is 1140. The van der Waals surface area contributed by atoms with Crippen molar-refractivity contribution >= 4 is 39.3 Å². The number of nitrogens with one attached hydrogen (secondary N) is 2. The molecule has 0 aliphatic heterocycles. The molecule has 2 aromatic carbocycles. The van der Waals surface area contributed by atoms with Gasteiger partial charge in [-0.15, -0.1) is 22.7 Å². The summed E-state index contributed by atoms with van der Waals surface area (Å²) < 4.78 is 13.4. The molecule has 0 spiro atoms. The monoisotopic (exact) mass is 436 g/mol. The van der Waals surface area contributed by atoms with Gasteiger partial charge in [-0.1, -0.05) is 24.3 Å². The fourth-order valence-electron chi connectivity index (χ4n) is 3.30. The zero-order chi connectivity index (χ0) is 21.1. The van der Waals surface area contributed by atoms with E-state index in [0.717, 1.165) is 31.6 Å². The van der Waals surface area contributed by atoms with E-state index in [0.29, 0.717) is 5.56 Å². The second kappa shape index (κ2) is 8.81. The van der Waals surface area contributed by atoms with E-state index >= 15 is 0 Å². The molecule has 0 bridgehead atoms. The van der Waals surface area contributed by atoms with E-state index in [1.165, 1.54) is 12.1 Å². The van der Waals surface area contributed by atoms with Crippen molar-refractivity contribution in [2.24, 2.45) is 0 Å². The van der Waals surface area contributed by atoms with E-state index in [1.54, 1.807) is 46.9 Å². The van der Waals surface area contributed by atoms with Crippen LogP contribution in [0.2, 0.25) is 0 Å². The summed E-state index contributed by atoms with van der Waals surface area (Å²) in [5.74, 6) is -0.406. The average Bonchev–Trinajstić information content (AvgIpc) is 3.38. The Balaban J connectivity index is 1.73. The summed E-state index contributed by atoms with van der Waals surface area (Å²) in [6.07, 6.45) is 0. The lowest BCUT2D eigenvalue weighted by molar-refractivity contribution is 0.102. The third-order valence-corrected chi connectivity index (χ3v) is 7.04. The molecule has 0 radical (unpaired) electrons. The van der Waals surface area contributed by atoms with Gasteiger partial charge in [0, 0.05) is 26.6 Å². The van der Waals surface area contributed by atoms with Gasteiger partial charge in [0.05, 0.1) is 6.04 Å². The van der Waals surface area contributed by atoms with Crippen LogP contribution in [0.15, 0.2) is 72.1 Å². The van der Waals surface area contributed by atoms with Gasteiger partial charge in [-0.2, -0.15) is 0 Å². The molecule has 0 aliphatic carbocycles. The van der Waals surface area contributed by atoms with Crippen molar-refractivity contribution in [2.75, 3.05) is 10.6 Å². The van der Waals surface area contributed by atoms with Gasteiger partial charge in [0.2, 0.25) is 0 Å². The number of amides is 1. The van der Waals surface area contributed by atoms with E-state index in [2.05, 4.69) is 30.5 Å². The number of rotatable bonds is 6. The maximum absolute atomic E-state index is 13.4. The number of hydrogen-bond donors (Lipinski definition) is 2. The standard InChI is InChI=1S/C24H21FN2OS2/c1-15-16(2)30-24(27-23(28)17-7-4-3-5-8-17)21(15)22(20-9-6-14-29-20)26-19-12-10-18(25)11-13-19/h3-14,22,26H,1-2H3,(H,27,28)/t22-/m0/s1. The highest BCUT2D eigenvalue weighted by molar-refractivity contribution is 7.16. The van der Waals surface area contributed by atoms with Crippen LogP contribution >= 0.6 is 22.7 Å². The summed E-state index contributed by atoms with van der Waals surface area (Å²) in [4.78, 5) is 15.1. The summed E-state index contributed by atoms with van der Waals surface area (Å²) in [6, 6.07) is 19.5. The number of thiophene rings is 2. The van der Waals surface area contributed by atoms with Gasteiger partial charge in [0.15, 0.2) is 0 Å². The quantitative estimate of drug-likeness (QED) is 0.341. The van der Waals surface area contributed by atoms with E-state index in [1.807, 2.05) is 29.6 Å². The van der Waals surface area contributed by atoms with Crippen LogP contribution in [0.5, 0.6) is 0 Å². The minimum atomic E-state index is -0.272. The number of carbonyl (C=O) groups excluding carboxylic acids is 1. The predicted molar refractivity (Wildman–Crippen MR) is 124 cm³/mol. The number of carbonyl (C=O) groups is 1. The molecule has 1 atom stereocenters. The highest BCUT2D eigenvalue weighted by Gasteiger charge is 2.25. The topological polar surface area (TPSA) is 41.1 Å². The van der Waals surface area contributed by atoms with Gasteiger partial charge in [0.25, 0.3) is 5.91 Å². The smallest absolute Gasteiger partial charge is 0.256 e. The molecule has 2 aromatic heterocycles. The van der Waals surface area contributed by atoms with E-state index < -0.39 is 0 Å². The maximum Gasteiger partial charge on any atom is 0.256 e. The summed E-state index contributed by atoms with van der Waals surface area (Å²) in [5, 5.41) is 9.50. The third-order valence-electron chi connectivity index (χ3n) is 4.97. The van der Waals surface area contributed by atoms with Gasteiger partial charge in [0.1, 0.15) is 10.8 Å². The molecular formula is C24H21FN2OS2. The van der Waals surface area contributed by atoms with Crippen LogP contribution in [0, 0.1) is 19.7 Å². The lowest BCUT2D eigenvalue weighted by atomic mass is 10.0. The highest BCUT2D eigenvalue weighted by atomic mass is 32.1.